The summed E-state index contributed by atoms with van der Waals surface area (Å²) in [6.07, 6.45) is 0. The number of hydrogen-bond acceptors (Lipinski definition) is 4. The zero-order chi connectivity index (χ0) is 14.8. The molecule has 1 aliphatic heterocycles. The lowest BCUT2D eigenvalue weighted by atomic mass is 10.1. The Kier molecular flexibility index (Phi) is 4.50. The standard InChI is InChI=1S/C15H13Cl2NO2S/c16-11-4-9-6-19-8-20-14(9)10(5-11)7-21-15-12(17)2-1-3-13(15)18/h1-5H,6-8,18H2. The van der Waals surface area contributed by atoms with Gasteiger partial charge >= 0.3 is 0 Å². The molecule has 0 aliphatic carbocycles. The Hall–Kier alpha value is -1.07. The van der Waals surface area contributed by atoms with Gasteiger partial charge in [0.15, 0.2) is 6.79 Å². The molecular weight excluding hydrogens is 329 g/mol. The van der Waals surface area contributed by atoms with Crippen LogP contribution in [0.1, 0.15) is 11.1 Å². The number of ether oxygens (including phenoxy) is 2. The summed E-state index contributed by atoms with van der Waals surface area (Å²) in [7, 11) is 0. The number of nitrogen functional groups attached to an aromatic ring is 1. The second kappa shape index (κ2) is 6.36. The van der Waals surface area contributed by atoms with Gasteiger partial charge in [0.25, 0.3) is 0 Å². The molecule has 3 nitrogen and oxygen atoms in total. The Morgan fingerprint density at radius 2 is 2.10 bits per heavy atom. The van der Waals surface area contributed by atoms with Crippen molar-refractivity contribution in [2.24, 2.45) is 0 Å². The highest BCUT2D eigenvalue weighted by Crippen LogP contribution is 2.39. The van der Waals surface area contributed by atoms with Crippen LogP contribution in [-0.4, -0.2) is 6.79 Å². The van der Waals surface area contributed by atoms with E-state index in [1.807, 2.05) is 30.3 Å². The lowest BCUT2D eigenvalue weighted by Crippen LogP contribution is -2.13. The molecule has 0 bridgehead atoms. The van der Waals surface area contributed by atoms with Crippen molar-refractivity contribution in [2.75, 3.05) is 12.5 Å². The van der Waals surface area contributed by atoms with Crippen molar-refractivity contribution in [1.82, 2.24) is 0 Å². The third kappa shape index (κ3) is 3.24. The number of rotatable bonds is 3. The molecule has 0 fully saturated rings. The molecular formula is C15H13Cl2NO2S. The van der Waals surface area contributed by atoms with Gasteiger partial charge in [0, 0.05) is 32.5 Å². The average molecular weight is 342 g/mol. The first kappa shape index (κ1) is 14.9. The van der Waals surface area contributed by atoms with E-state index in [9.17, 15) is 0 Å². The Morgan fingerprint density at radius 3 is 2.90 bits per heavy atom. The van der Waals surface area contributed by atoms with Crippen molar-refractivity contribution in [3.8, 4) is 5.75 Å². The van der Waals surface area contributed by atoms with Crippen LogP contribution in [0.15, 0.2) is 35.2 Å². The maximum Gasteiger partial charge on any atom is 0.189 e. The number of hydrogen-bond donors (Lipinski definition) is 1. The van der Waals surface area contributed by atoms with E-state index < -0.39 is 0 Å². The Bertz CT molecular complexity index is 659. The molecule has 0 atom stereocenters. The molecule has 0 aromatic heterocycles. The van der Waals surface area contributed by atoms with Gasteiger partial charge in [0.2, 0.25) is 0 Å². The van der Waals surface area contributed by atoms with E-state index in [0.717, 1.165) is 21.8 Å². The molecule has 0 amide bonds. The van der Waals surface area contributed by atoms with E-state index in [1.54, 1.807) is 11.8 Å². The summed E-state index contributed by atoms with van der Waals surface area (Å²) in [5.74, 6) is 1.53. The predicted molar refractivity (Wildman–Crippen MR) is 87.2 cm³/mol. The number of anilines is 1. The third-order valence-corrected chi connectivity index (χ3v) is 4.97. The summed E-state index contributed by atoms with van der Waals surface area (Å²) in [4.78, 5) is 0.875. The van der Waals surface area contributed by atoms with Crippen molar-refractivity contribution >= 4 is 40.7 Å². The largest absolute Gasteiger partial charge is 0.467 e. The third-order valence-electron chi connectivity index (χ3n) is 3.12. The maximum absolute atomic E-state index is 6.19. The van der Waals surface area contributed by atoms with E-state index in [4.69, 9.17) is 38.4 Å². The fourth-order valence-corrected chi connectivity index (χ4v) is 3.76. The highest BCUT2D eigenvalue weighted by atomic mass is 35.5. The quantitative estimate of drug-likeness (QED) is 0.647. The van der Waals surface area contributed by atoms with Gasteiger partial charge in [-0.25, -0.2) is 0 Å². The SMILES string of the molecule is Nc1cccc(Cl)c1SCc1cc(Cl)cc2c1OCOC2. The zero-order valence-corrected chi connectivity index (χ0v) is 13.4. The molecule has 1 aliphatic rings. The molecule has 0 unspecified atom stereocenters. The molecule has 2 N–H and O–H groups in total. The van der Waals surface area contributed by atoms with E-state index in [0.29, 0.717) is 28.1 Å². The van der Waals surface area contributed by atoms with Crippen LogP contribution in [0.5, 0.6) is 5.75 Å². The van der Waals surface area contributed by atoms with Gasteiger partial charge in [-0.05, 0) is 24.3 Å². The lowest BCUT2D eigenvalue weighted by Gasteiger charge is -2.21. The molecule has 0 radical (unpaired) electrons. The molecule has 0 saturated carbocycles. The maximum atomic E-state index is 6.19. The summed E-state index contributed by atoms with van der Waals surface area (Å²) in [6, 6.07) is 9.28. The summed E-state index contributed by atoms with van der Waals surface area (Å²) in [5.41, 5.74) is 8.63. The molecule has 21 heavy (non-hydrogen) atoms. The first-order valence-corrected chi connectivity index (χ1v) is 8.08. The number of halogens is 2. The lowest BCUT2D eigenvalue weighted by molar-refractivity contribution is -0.0168. The first-order valence-electron chi connectivity index (χ1n) is 6.34. The smallest absolute Gasteiger partial charge is 0.189 e. The molecule has 1 heterocycles. The Labute approximate surface area is 137 Å². The normalized spacial score (nSPS) is 13.6. The van der Waals surface area contributed by atoms with Gasteiger partial charge < -0.3 is 15.2 Å². The van der Waals surface area contributed by atoms with Crippen LogP contribution in [0.4, 0.5) is 5.69 Å². The highest BCUT2D eigenvalue weighted by molar-refractivity contribution is 7.98. The monoisotopic (exact) mass is 341 g/mol. The summed E-state index contributed by atoms with van der Waals surface area (Å²) in [6.45, 7) is 0.780. The van der Waals surface area contributed by atoms with Crippen molar-refractivity contribution in [1.29, 1.82) is 0 Å². The Balaban J connectivity index is 1.87. The molecule has 2 aromatic rings. The molecule has 3 rings (SSSR count). The molecule has 6 heteroatoms. The van der Waals surface area contributed by atoms with Gasteiger partial charge in [-0.3, -0.25) is 0 Å². The highest BCUT2D eigenvalue weighted by Gasteiger charge is 2.17. The van der Waals surface area contributed by atoms with Crippen LogP contribution in [0, 0.1) is 0 Å². The number of benzene rings is 2. The second-order valence-corrected chi connectivity index (χ2v) is 6.44. The number of nitrogens with two attached hydrogens (primary N) is 1. The molecule has 2 aromatic carbocycles. The van der Waals surface area contributed by atoms with E-state index in [2.05, 4.69) is 0 Å². The van der Waals surface area contributed by atoms with Crippen LogP contribution in [0.2, 0.25) is 10.0 Å². The van der Waals surface area contributed by atoms with Crippen molar-refractivity contribution in [3.63, 3.8) is 0 Å². The predicted octanol–water partition coefficient (Wildman–Crippen LogP) is 4.73. The van der Waals surface area contributed by atoms with Crippen molar-refractivity contribution in [2.45, 2.75) is 17.3 Å². The number of thioether (sulfide) groups is 1. The summed E-state index contributed by atoms with van der Waals surface area (Å²) >= 11 is 13.9. The Morgan fingerprint density at radius 1 is 1.24 bits per heavy atom. The fraction of sp³-hybridized carbons (Fsp3) is 0.200. The van der Waals surface area contributed by atoms with Gasteiger partial charge in [-0.15, -0.1) is 11.8 Å². The molecule has 0 spiro atoms. The summed E-state index contributed by atoms with van der Waals surface area (Å²) in [5, 5.41) is 1.32. The first-order chi connectivity index (χ1) is 10.1. The minimum atomic E-state index is 0.264. The van der Waals surface area contributed by atoms with Crippen LogP contribution in [-0.2, 0) is 17.1 Å². The van der Waals surface area contributed by atoms with Gasteiger partial charge in [-0.2, -0.15) is 0 Å². The van der Waals surface area contributed by atoms with Gasteiger partial charge in [-0.1, -0.05) is 29.3 Å². The van der Waals surface area contributed by atoms with E-state index in [-0.39, 0.29) is 6.79 Å². The van der Waals surface area contributed by atoms with Crippen LogP contribution >= 0.6 is 35.0 Å². The van der Waals surface area contributed by atoms with Crippen LogP contribution < -0.4 is 10.5 Å². The second-order valence-electron chi connectivity index (χ2n) is 4.61. The van der Waals surface area contributed by atoms with E-state index in [1.165, 1.54) is 0 Å². The van der Waals surface area contributed by atoms with E-state index >= 15 is 0 Å². The zero-order valence-electron chi connectivity index (χ0n) is 11.1. The van der Waals surface area contributed by atoms with Crippen molar-refractivity contribution < 1.29 is 9.47 Å². The fourth-order valence-electron chi connectivity index (χ4n) is 2.19. The average Bonchev–Trinajstić information content (AvgIpc) is 2.46. The molecule has 110 valence electrons. The van der Waals surface area contributed by atoms with Crippen LogP contribution in [0.25, 0.3) is 0 Å². The topological polar surface area (TPSA) is 44.5 Å². The van der Waals surface area contributed by atoms with Gasteiger partial charge in [0.1, 0.15) is 5.75 Å². The number of fused-ring (bicyclic) bond motifs is 1. The minimum absolute atomic E-state index is 0.264. The summed E-state index contributed by atoms with van der Waals surface area (Å²) < 4.78 is 10.9. The molecule has 0 saturated heterocycles. The van der Waals surface area contributed by atoms with Crippen LogP contribution in [0.3, 0.4) is 0 Å². The van der Waals surface area contributed by atoms with Gasteiger partial charge in [0.05, 0.1) is 11.6 Å². The minimum Gasteiger partial charge on any atom is -0.467 e. The van der Waals surface area contributed by atoms with Crippen molar-refractivity contribution in [3.05, 3.63) is 51.5 Å².